The zero-order valence-electron chi connectivity index (χ0n) is 21.0. The third-order valence-electron chi connectivity index (χ3n) is 11.8. The molecule has 5 saturated carbocycles. The number of ether oxygens (including phenoxy) is 5. The maximum atomic E-state index is 12.7. The van der Waals surface area contributed by atoms with Crippen LogP contribution in [0.1, 0.15) is 46.5 Å². The quantitative estimate of drug-likeness (QED) is 0.611. The standard InChI is InChI=1S/C26H39NO7/c1-6-27-11-23(3)8-7-17(29)25-15-9-14-16(30-4)10-24(18(15)19(14)31-5)26(22(25)27,33-12-32-24)21(20(23)25)34-13(2)28/h14-22,29H,6-12H2,1-5H3/t14-,15-,16+,17+,18-,19+,20-,21+,22+,23-,24-,25+,26-/m1/s1. The smallest absolute Gasteiger partial charge is 0.303 e. The molecule has 190 valence electrons. The van der Waals surface area contributed by atoms with Crippen LogP contribution < -0.4 is 0 Å². The first kappa shape index (κ1) is 22.4. The Labute approximate surface area is 201 Å². The lowest BCUT2D eigenvalue weighted by atomic mass is 9.43. The highest BCUT2D eigenvalue weighted by Gasteiger charge is 2.94. The highest BCUT2D eigenvalue weighted by atomic mass is 16.7. The zero-order valence-corrected chi connectivity index (χ0v) is 21.0. The zero-order chi connectivity index (χ0) is 23.8. The number of aliphatic hydroxyl groups is 1. The van der Waals surface area contributed by atoms with Crippen molar-refractivity contribution >= 4 is 5.97 Å². The minimum atomic E-state index is -0.855. The number of hydrogen-bond donors (Lipinski definition) is 1. The van der Waals surface area contributed by atoms with E-state index in [0.29, 0.717) is 6.42 Å². The molecule has 0 aromatic carbocycles. The van der Waals surface area contributed by atoms with E-state index in [-0.39, 0.29) is 60.1 Å². The van der Waals surface area contributed by atoms with Crippen molar-refractivity contribution in [2.75, 3.05) is 34.1 Å². The number of nitrogens with zero attached hydrogens (tertiary/aromatic N) is 1. The molecule has 2 heterocycles. The van der Waals surface area contributed by atoms with Gasteiger partial charge < -0.3 is 28.8 Å². The van der Waals surface area contributed by atoms with E-state index in [0.717, 1.165) is 32.4 Å². The third-order valence-corrected chi connectivity index (χ3v) is 11.8. The van der Waals surface area contributed by atoms with E-state index < -0.39 is 28.8 Å². The van der Waals surface area contributed by atoms with Crippen LogP contribution in [-0.4, -0.2) is 91.7 Å². The van der Waals surface area contributed by atoms with E-state index in [1.807, 2.05) is 0 Å². The van der Waals surface area contributed by atoms with Gasteiger partial charge in [-0.2, -0.15) is 0 Å². The Morgan fingerprint density at radius 3 is 2.71 bits per heavy atom. The predicted molar refractivity (Wildman–Crippen MR) is 120 cm³/mol. The van der Waals surface area contributed by atoms with Gasteiger partial charge in [-0.3, -0.25) is 9.69 Å². The lowest BCUT2D eigenvalue weighted by molar-refractivity contribution is -0.280. The number of rotatable bonds is 4. The number of piperidine rings is 1. The molecule has 7 bridgehead atoms. The SMILES string of the molecule is CCN1C[C@@]2(C)CC[C@H](O)[C@@]34[C@@H]5C[C@H]6[C@H](OC)[C@@H]5[C@@]5(C[C@@H]6OC)OCO[C@]5([C@@H](OC(C)=O)[C@H]23)[C@@H]14. The van der Waals surface area contributed by atoms with Crippen molar-refractivity contribution in [1.29, 1.82) is 0 Å². The van der Waals surface area contributed by atoms with E-state index in [1.165, 1.54) is 6.92 Å². The van der Waals surface area contributed by atoms with Gasteiger partial charge in [0.25, 0.3) is 0 Å². The molecule has 7 rings (SSSR count). The topological polar surface area (TPSA) is 86.7 Å². The van der Waals surface area contributed by atoms with E-state index in [9.17, 15) is 9.90 Å². The van der Waals surface area contributed by atoms with Crippen LogP contribution in [0.5, 0.6) is 0 Å². The Hall–Kier alpha value is -0.770. The number of carbonyl (C=O) groups excluding carboxylic acids is 1. The van der Waals surface area contributed by atoms with Crippen LogP contribution in [0.25, 0.3) is 0 Å². The highest BCUT2D eigenvalue weighted by Crippen LogP contribution is 2.82. The molecule has 34 heavy (non-hydrogen) atoms. The molecule has 3 spiro atoms. The molecule has 13 atom stereocenters. The minimum absolute atomic E-state index is 0.0203. The first-order chi connectivity index (χ1) is 16.3. The Kier molecular flexibility index (Phi) is 4.45. The summed E-state index contributed by atoms with van der Waals surface area (Å²) in [5.41, 5.74) is -2.05. The molecular formula is C26H39NO7. The molecule has 5 aliphatic carbocycles. The van der Waals surface area contributed by atoms with Crippen molar-refractivity contribution in [2.45, 2.75) is 88.1 Å². The van der Waals surface area contributed by atoms with Crippen molar-refractivity contribution < 1.29 is 33.6 Å². The number of hydrogen-bond acceptors (Lipinski definition) is 8. The second-order valence-corrected chi connectivity index (χ2v) is 12.5. The van der Waals surface area contributed by atoms with E-state index >= 15 is 0 Å². The molecule has 8 heteroatoms. The number of carbonyl (C=O) groups is 1. The normalized spacial score (nSPS) is 60.8. The van der Waals surface area contributed by atoms with Gasteiger partial charge in [-0.05, 0) is 37.1 Å². The Bertz CT molecular complexity index is 916. The fraction of sp³-hybridized carbons (Fsp3) is 0.962. The van der Waals surface area contributed by atoms with E-state index in [1.54, 1.807) is 14.2 Å². The number of esters is 1. The number of likely N-dealkylation sites (tertiary alicyclic amines) is 1. The van der Waals surface area contributed by atoms with Crippen molar-refractivity contribution in [3.63, 3.8) is 0 Å². The van der Waals surface area contributed by atoms with Gasteiger partial charge in [0.15, 0.2) is 5.60 Å². The average molecular weight is 478 g/mol. The van der Waals surface area contributed by atoms with Crippen LogP contribution in [0.4, 0.5) is 0 Å². The van der Waals surface area contributed by atoms with Gasteiger partial charge in [-0.15, -0.1) is 0 Å². The summed E-state index contributed by atoms with van der Waals surface area (Å²) < 4.78 is 32.3. The third kappa shape index (κ3) is 2.04. The van der Waals surface area contributed by atoms with Gasteiger partial charge in [0.1, 0.15) is 18.5 Å². The van der Waals surface area contributed by atoms with Crippen LogP contribution >= 0.6 is 0 Å². The van der Waals surface area contributed by atoms with Gasteiger partial charge in [-0.25, -0.2) is 0 Å². The van der Waals surface area contributed by atoms with Crippen LogP contribution in [0.15, 0.2) is 0 Å². The van der Waals surface area contributed by atoms with Gasteiger partial charge in [0.2, 0.25) is 0 Å². The van der Waals surface area contributed by atoms with Crippen molar-refractivity contribution in [1.82, 2.24) is 4.90 Å². The molecule has 0 aromatic heterocycles. The summed E-state index contributed by atoms with van der Waals surface area (Å²) in [4.78, 5) is 15.2. The molecule has 0 radical (unpaired) electrons. The van der Waals surface area contributed by atoms with Crippen LogP contribution in [0, 0.1) is 34.5 Å². The summed E-state index contributed by atoms with van der Waals surface area (Å²) in [5, 5.41) is 12.1. The largest absolute Gasteiger partial charge is 0.459 e. The summed E-state index contributed by atoms with van der Waals surface area (Å²) in [5.74, 6) is 0.256. The summed E-state index contributed by atoms with van der Waals surface area (Å²) >= 11 is 0. The first-order valence-corrected chi connectivity index (χ1v) is 13.2. The maximum Gasteiger partial charge on any atom is 0.303 e. The Morgan fingerprint density at radius 1 is 1.24 bits per heavy atom. The number of methoxy groups -OCH3 is 2. The van der Waals surface area contributed by atoms with Gasteiger partial charge >= 0.3 is 5.97 Å². The van der Waals surface area contributed by atoms with E-state index in [2.05, 4.69) is 18.7 Å². The molecule has 7 fully saturated rings. The summed E-state index contributed by atoms with van der Waals surface area (Å²) in [6.45, 7) is 8.02. The van der Waals surface area contributed by atoms with Gasteiger partial charge in [-0.1, -0.05) is 13.8 Å². The lowest BCUT2D eigenvalue weighted by Crippen LogP contribution is -2.80. The first-order valence-electron chi connectivity index (χ1n) is 13.2. The van der Waals surface area contributed by atoms with E-state index in [4.69, 9.17) is 23.7 Å². The van der Waals surface area contributed by atoms with Gasteiger partial charge in [0, 0.05) is 57.3 Å². The predicted octanol–water partition coefficient (Wildman–Crippen LogP) is 1.58. The molecule has 8 nitrogen and oxygen atoms in total. The molecule has 0 amide bonds. The Morgan fingerprint density at radius 2 is 2.03 bits per heavy atom. The molecule has 2 aliphatic heterocycles. The second kappa shape index (κ2) is 6.75. The number of fused-ring (bicyclic) bond motifs is 1. The molecule has 1 N–H and O–H groups in total. The molecule has 0 aromatic rings. The fourth-order valence-electron chi connectivity index (χ4n) is 11.4. The summed E-state index contributed by atoms with van der Waals surface area (Å²) in [7, 11) is 3.58. The van der Waals surface area contributed by atoms with Crippen molar-refractivity contribution in [3.05, 3.63) is 0 Å². The van der Waals surface area contributed by atoms with Crippen LogP contribution in [0.3, 0.4) is 0 Å². The number of likely N-dealkylation sites (N-methyl/N-ethyl adjacent to an activating group) is 1. The van der Waals surface area contributed by atoms with Crippen molar-refractivity contribution in [2.24, 2.45) is 34.5 Å². The molecular weight excluding hydrogens is 438 g/mol. The van der Waals surface area contributed by atoms with Crippen LogP contribution in [0.2, 0.25) is 0 Å². The number of aliphatic hydroxyl groups excluding tert-OH is 1. The fourth-order valence-corrected chi connectivity index (χ4v) is 11.4. The Balaban J connectivity index is 1.57. The monoisotopic (exact) mass is 477 g/mol. The summed E-state index contributed by atoms with van der Waals surface area (Å²) in [6, 6.07) is -0.0710. The average Bonchev–Trinajstić information content (AvgIpc) is 3.39. The van der Waals surface area contributed by atoms with Gasteiger partial charge in [0.05, 0.1) is 24.4 Å². The van der Waals surface area contributed by atoms with Crippen LogP contribution in [-0.2, 0) is 28.5 Å². The highest BCUT2D eigenvalue weighted by molar-refractivity contribution is 5.67. The molecule has 7 aliphatic rings. The maximum absolute atomic E-state index is 12.7. The van der Waals surface area contributed by atoms with Crippen molar-refractivity contribution in [3.8, 4) is 0 Å². The molecule has 0 unspecified atom stereocenters. The minimum Gasteiger partial charge on any atom is -0.459 e. The molecule has 2 saturated heterocycles. The lowest BCUT2D eigenvalue weighted by Gasteiger charge is -2.69. The second-order valence-electron chi connectivity index (χ2n) is 12.5. The summed E-state index contributed by atoms with van der Waals surface area (Å²) in [6.07, 6.45) is 2.33.